The molecule has 3 N–H and O–H groups in total. The van der Waals surface area contributed by atoms with Crippen LogP contribution in [0.2, 0.25) is 0 Å². The largest absolute Gasteiger partial charge is 0.379 e. The molecule has 0 unspecified atom stereocenters. The lowest BCUT2D eigenvalue weighted by Gasteiger charge is -2.14. The Labute approximate surface area is 172 Å². The molecule has 0 radical (unpaired) electrons. The molecule has 1 amide bonds. The zero-order chi connectivity index (χ0) is 20.7. The fourth-order valence-electron chi connectivity index (χ4n) is 3.63. The number of carbonyl (C=O) groups excluding carboxylic acids is 1. The van der Waals surface area contributed by atoms with Crippen molar-refractivity contribution >= 4 is 28.9 Å². The van der Waals surface area contributed by atoms with E-state index in [4.69, 9.17) is 4.74 Å². The van der Waals surface area contributed by atoms with E-state index in [1.165, 1.54) is 6.20 Å². The third-order valence-electron chi connectivity index (χ3n) is 5.42. The van der Waals surface area contributed by atoms with Crippen LogP contribution >= 0.6 is 0 Å². The number of ether oxygens (including phenoxy) is 1. The molecule has 1 saturated carbocycles. The van der Waals surface area contributed by atoms with Gasteiger partial charge in [-0.05, 0) is 31.4 Å². The summed E-state index contributed by atoms with van der Waals surface area (Å²) in [6.45, 7) is 1.19. The smallest absolute Gasteiger partial charge is 0.274 e. The quantitative estimate of drug-likeness (QED) is 0.566. The van der Waals surface area contributed by atoms with Crippen LogP contribution in [-0.4, -0.2) is 51.4 Å². The molecule has 2 aliphatic rings. The summed E-state index contributed by atoms with van der Waals surface area (Å²) in [7, 11) is 1.76. The van der Waals surface area contributed by atoms with Crippen LogP contribution in [0.4, 0.5) is 17.3 Å². The van der Waals surface area contributed by atoms with Crippen molar-refractivity contribution < 1.29 is 9.53 Å². The van der Waals surface area contributed by atoms with E-state index in [1.54, 1.807) is 34.5 Å². The monoisotopic (exact) mass is 409 g/mol. The van der Waals surface area contributed by atoms with Gasteiger partial charge in [0, 0.05) is 32.0 Å². The summed E-state index contributed by atoms with van der Waals surface area (Å²) < 4.78 is 8.68. The molecule has 5 rings (SSSR count). The highest BCUT2D eigenvalue weighted by atomic mass is 16.5. The minimum Gasteiger partial charge on any atom is -0.379 e. The number of rotatable bonds is 6. The maximum Gasteiger partial charge on any atom is 0.274 e. The molecule has 3 aromatic rings. The number of nitrogens with zero attached hydrogens (tertiary/aromatic N) is 4. The summed E-state index contributed by atoms with van der Waals surface area (Å²) in [6, 6.07) is 5.57. The van der Waals surface area contributed by atoms with Crippen LogP contribution in [-0.2, 0) is 4.74 Å². The molecule has 156 valence electrons. The van der Waals surface area contributed by atoms with Crippen LogP contribution in [0.25, 0.3) is 5.65 Å². The molecule has 1 aliphatic carbocycles. The lowest BCUT2D eigenvalue weighted by Crippen LogP contribution is -2.26. The first-order valence-corrected chi connectivity index (χ1v) is 10.1. The van der Waals surface area contributed by atoms with Gasteiger partial charge in [0.05, 0.1) is 18.8 Å². The number of hydrogen-bond donors (Lipinski definition) is 3. The van der Waals surface area contributed by atoms with Gasteiger partial charge in [-0.1, -0.05) is 0 Å². The van der Waals surface area contributed by atoms with Crippen molar-refractivity contribution in [2.24, 2.45) is 0 Å². The van der Waals surface area contributed by atoms with Crippen molar-refractivity contribution in [3.05, 3.63) is 46.5 Å². The number of nitrogens with one attached hydrogen (secondary N) is 3. The molecular weight excluding hydrogens is 386 g/mol. The van der Waals surface area contributed by atoms with Crippen LogP contribution < -0.4 is 21.5 Å². The van der Waals surface area contributed by atoms with Gasteiger partial charge in [0.1, 0.15) is 22.9 Å². The Morgan fingerprint density at radius 3 is 2.90 bits per heavy atom. The van der Waals surface area contributed by atoms with Gasteiger partial charge in [0.25, 0.3) is 11.5 Å². The van der Waals surface area contributed by atoms with Gasteiger partial charge in [-0.2, -0.15) is 9.61 Å². The van der Waals surface area contributed by atoms with E-state index < -0.39 is 0 Å². The number of fused-ring (bicyclic) bond motifs is 1. The highest BCUT2D eigenvalue weighted by Gasteiger charge is 2.26. The summed E-state index contributed by atoms with van der Waals surface area (Å²) in [5.41, 5.74) is 1.09. The van der Waals surface area contributed by atoms with Crippen LogP contribution in [0, 0.1) is 0 Å². The molecule has 10 heteroatoms. The summed E-state index contributed by atoms with van der Waals surface area (Å²) in [5.74, 6) is 0.904. The van der Waals surface area contributed by atoms with Gasteiger partial charge < -0.3 is 25.3 Å². The summed E-state index contributed by atoms with van der Waals surface area (Å²) in [6.07, 6.45) is 6.10. The Morgan fingerprint density at radius 1 is 1.30 bits per heavy atom. The van der Waals surface area contributed by atoms with E-state index in [1.807, 2.05) is 6.07 Å². The average Bonchev–Trinajstić information content (AvgIpc) is 3.22. The SMILES string of the molecule is CNc1cc(Nc2cccn([C@@H]3CCOC3)c2=O)nc2c(C(=O)NC3CC3)cnn12. The van der Waals surface area contributed by atoms with E-state index in [-0.39, 0.29) is 23.6 Å². The highest BCUT2D eigenvalue weighted by molar-refractivity contribution is 6.00. The standard InChI is InChI=1S/C20H23N7O3/c1-21-17-9-16(24-15-3-2-7-26(20(15)29)13-6-8-30-11-13)25-18-14(10-22-27(17)18)19(28)23-12-4-5-12/h2-3,7,9-10,12-13,21H,4-6,8,11H2,1H3,(H,23,28)(H,24,25)/t13-/m1/s1. The molecule has 3 aromatic heterocycles. The van der Waals surface area contributed by atoms with Crippen molar-refractivity contribution in [1.29, 1.82) is 0 Å². The Morgan fingerprint density at radius 2 is 2.17 bits per heavy atom. The van der Waals surface area contributed by atoms with Crippen molar-refractivity contribution in [1.82, 2.24) is 24.5 Å². The summed E-state index contributed by atoms with van der Waals surface area (Å²) in [4.78, 5) is 30.1. The molecule has 1 saturated heterocycles. The van der Waals surface area contributed by atoms with E-state index in [9.17, 15) is 9.59 Å². The Kier molecular flexibility index (Phi) is 4.62. The first-order valence-electron chi connectivity index (χ1n) is 10.1. The number of amides is 1. The van der Waals surface area contributed by atoms with Crippen LogP contribution in [0.3, 0.4) is 0 Å². The Bertz CT molecular complexity index is 1160. The number of hydrogen-bond acceptors (Lipinski definition) is 7. The fraction of sp³-hybridized carbons (Fsp3) is 0.400. The Hall–Kier alpha value is -3.40. The van der Waals surface area contributed by atoms with E-state index in [2.05, 4.69) is 26.0 Å². The van der Waals surface area contributed by atoms with Gasteiger partial charge >= 0.3 is 0 Å². The van der Waals surface area contributed by atoms with E-state index >= 15 is 0 Å². The molecule has 0 spiro atoms. The van der Waals surface area contributed by atoms with E-state index in [0.29, 0.717) is 41.7 Å². The molecule has 10 nitrogen and oxygen atoms in total. The number of aromatic nitrogens is 4. The second-order valence-corrected chi connectivity index (χ2v) is 7.59. The molecule has 1 aliphatic heterocycles. The molecule has 0 bridgehead atoms. The third kappa shape index (κ3) is 3.39. The molecule has 4 heterocycles. The number of anilines is 3. The van der Waals surface area contributed by atoms with Crippen LogP contribution in [0.1, 0.15) is 35.7 Å². The van der Waals surface area contributed by atoms with Gasteiger partial charge in [0.2, 0.25) is 0 Å². The van der Waals surface area contributed by atoms with Gasteiger partial charge in [0.15, 0.2) is 5.65 Å². The van der Waals surface area contributed by atoms with Crippen molar-refractivity contribution in [3.63, 3.8) is 0 Å². The van der Waals surface area contributed by atoms with Crippen LogP contribution in [0.15, 0.2) is 35.4 Å². The summed E-state index contributed by atoms with van der Waals surface area (Å²) in [5, 5.41) is 13.4. The first-order chi connectivity index (χ1) is 14.6. The second kappa shape index (κ2) is 7.45. The highest BCUT2D eigenvalue weighted by Crippen LogP contribution is 2.23. The first kappa shape index (κ1) is 18.6. The van der Waals surface area contributed by atoms with Crippen LogP contribution in [0.5, 0.6) is 0 Å². The molecule has 1 atom stereocenters. The number of carbonyl (C=O) groups is 1. The molecule has 0 aromatic carbocycles. The topological polar surface area (TPSA) is 115 Å². The predicted molar refractivity (Wildman–Crippen MR) is 111 cm³/mol. The van der Waals surface area contributed by atoms with Gasteiger partial charge in [-0.3, -0.25) is 9.59 Å². The van der Waals surface area contributed by atoms with Crippen molar-refractivity contribution in [2.45, 2.75) is 31.3 Å². The second-order valence-electron chi connectivity index (χ2n) is 7.59. The molecular formula is C20H23N7O3. The maximum atomic E-state index is 13.0. The third-order valence-corrected chi connectivity index (χ3v) is 5.42. The average molecular weight is 409 g/mol. The maximum absolute atomic E-state index is 13.0. The van der Waals surface area contributed by atoms with Crippen molar-refractivity contribution in [3.8, 4) is 0 Å². The minimum atomic E-state index is -0.192. The van der Waals surface area contributed by atoms with E-state index in [0.717, 1.165) is 19.3 Å². The van der Waals surface area contributed by atoms with Gasteiger partial charge in [-0.15, -0.1) is 0 Å². The Balaban J connectivity index is 1.50. The zero-order valence-electron chi connectivity index (χ0n) is 16.6. The zero-order valence-corrected chi connectivity index (χ0v) is 16.6. The van der Waals surface area contributed by atoms with Crippen molar-refractivity contribution in [2.75, 3.05) is 30.9 Å². The lowest BCUT2D eigenvalue weighted by atomic mass is 10.2. The fourth-order valence-corrected chi connectivity index (χ4v) is 3.63. The molecule has 30 heavy (non-hydrogen) atoms. The lowest BCUT2D eigenvalue weighted by molar-refractivity contribution is 0.0952. The minimum absolute atomic E-state index is 0.0371. The normalized spacial score (nSPS) is 18.5. The van der Waals surface area contributed by atoms with Gasteiger partial charge in [-0.25, -0.2) is 4.98 Å². The summed E-state index contributed by atoms with van der Waals surface area (Å²) >= 11 is 0. The number of pyridine rings is 1. The molecule has 2 fully saturated rings. The predicted octanol–water partition coefficient (Wildman–Crippen LogP) is 1.53.